The van der Waals surface area contributed by atoms with Crippen LogP contribution in [0, 0.1) is 11.3 Å². The van der Waals surface area contributed by atoms with Gasteiger partial charge in [-0.15, -0.1) is 0 Å². The molecular formula is C16H28. The van der Waals surface area contributed by atoms with Gasteiger partial charge in [0.15, 0.2) is 0 Å². The molecule has 0 heterocycles. The number of rotatable bonds is 4. The Morgan fingerprint density at radius 3 is 1.44 bits per heavy atom. The molecule has 92 valence electrons. The van der Waals surface area contributed by atoms with Gasteiger partial charge in [0, 0.05) is 5.92 Å². The highest BCUT2D eigenvalue weighted by Gasteiger charge is 2.32. The molecule has 0 saturated heterocycles. The maximum Gasteiger partial charge on any atom is 0.00895 e. The topological polar surface area (TPSA) is 0 Å². The van der Waals surface area contributed by atoms with Gasteiger partial charge in [0.25, 0.3) is 0 Å². The molecule has 0 aliphatic carbocycles. The van der Waals surface area contributed by atoms with Crippen LogP contribution in [-0.4, -0.2) is 0 Å². The highest BCUT2D eigenvalue weighted by Crippen LogP contribution is 2.42. The van der Waals surface area contributed by atoms with Crippen LogP contribution in [0.2, 0.25) is 0 Å². The Balaban J connectivity index is 5.53. The van der Waals surface area contributed by atoms with Crippen molar-refractivity contribution in [3.63, 3.8) is 0 Å². The normalized spacial score (nSPS) is 17.6. The summed E-state index contributed by atoms with van der Waals surface area (Å²) in [4.78, 5) is 0. The SMILES string of the molecule is CC=C(C)C(C(C)=CC)C(C)(C)C(C)=CC. The molecule has 0 aromatic carbocycles. The summed E-state index contributed by atoms with van der Waals surface area (Å²) in [5, 5.41) is 0. The Morgan fingerprint density at radius 1 is 0.812 bits per heavy atom. The molecule has 0 saturated carbocycles. The van der Waals surface area contributed by atoms with Crippen molar-refractivity contribution in [3.8, 4) is 0 Å². The summed E-state index contributed by atoms with van der Waals surface area (Å²) in [5.74, 6) is 0.513. The van der Waals surface area contributed by atoms with Gasteiger partial charge in [-0.3, -0.25) is 0 Å². The quantitative estimate of drug-likeness (QED) is 0.547. The monoisotopic (exact) mass is 220 g/mol. The molecule has 0 aromatic rings. The van der Waals surface area contributed by atoms with E-state index in [4.69, 9.17) is 0 Å². The molecule has 0 amide bonds. The lowest BCUT2D eigenvalue weighted by Crippen LogP contribution is -2.27. The molecule has 0 fully saturated rings. The van der Waals surface area contributed by atoms with Gasteiger partial charge in [-0.05, 0) is 47.0 Å². The summed E-state index contributed by atoms with van der Waals surface area (Å²) in [6.45, 7) is 17.8. The predicted octanol–water partition coefficient (Wildman–Crippen LogP) is 5.53. The number of hydrogen-bond acceptors (Lipinski definition) is 0. The lowest BCUT2D eigenvalue weighted by Gasteiger charge is -2.37. The van der Waals surface area contributed by atoms with E-state index in [1.807, 2.05) is 0 Å². The van der Waals surface area contributed by atoms with Gasteiger partial charge in [-0.1, -0.05) is 48.8 Å². The Morgan fingerprint density at radius 2 is 1.19 bits per heavy atom. The third kappa shape index (κ3) is 3.10. The van der Waals surface area contributed by atoms with Crippen LogP contribution in [0.4, 0.5) is 0 Å². The third-order valence-electron chi connectivity index (χ3n) is 3.99. The van der Waals surface area contributed by atoms with Crippen molar-refractivity contribution in [2.75, 3.05) is 0 Å². The second-order valence-corrected chi connectivity index (χ2v) is 5.19. The first-order chi connectivity index (χ1) is 7.32. The fraction of sp³-hybridized carbons (Fsp3) is 0.625. The minimum absolute atomic E-state index is 0.196. The minimum Gasteiger partial charge on any atom is -0.0882 e. The Labute approximate surface area is 102 Å². The van der Waals surface area contributed by atoms with Gasteiger partial charge < -0.3 is 0 Å². The first kappa shape index (κ1) is 15.2. The summed E-state index contributed by atoms with van der Waals surface area (Å²) < 4.78 is 0. The molecule has 0 unspecified atom stereocenters. The predicted molar refractivity (Wildman–Crippen MR) is 75.6 cm³/mol. The van der Waals surface area contributed by atoms with E-state index < -0.39 is 0 Å². The first-order valence-corrected chi connectivity index (χ1v) is 6.21. The lowest BCUT2D eigenvalue weighted by molar-refractivity contribution is 0.343. The molecule has 0 aliphatic rings. The van der Waals surface area contributed by atoms with E-state index >= 15 is 0 Å². The lowest BCUT2D eigenvalue weighted by atomic mass is 9.67. The maximum absolute atomic E-state index is 2.34. The molecule has 0 aliphatic heterocycles. The van der Waals surface area contributed by atoms with Crippen LogP contribution in [0.15, 0.2) is 34.9 Å². The molecule has 16 heavy (non-hydrogen) atoms. The molecule has 0 radical (unpaired) electrons. The zero-order valence-corrected chi connectivity index (χ0v) is 12.3. The third-order valence-corrected chi connectivity index (χ3v) is 3.99. The fourth-order valence-electron chi connectivity index (χ4n) is 2.43. The molecule has 0 nitrogen and oxygen atoms in total. The number of hydrogen-bond donors (Lipinski definition) is 0. The Kier molecular flexibility index (Phi) is 5.78. The van der Waals surface area contributed by atoms with Crippen LogP contribution in [-0.2, 0) is 0 Å². The summed E-state index contributed by atoms with van der Waals surface area (Å²) >= 11 is 0. The van der Waals surface area contributed by atoms with E-state index in [2.05, 4.69) is 73.6 Å². The van der Waals surface area contributed by atoms with Crippen molar-refractivity contribution in [1.82, 2.24) is 0 Å². The van der Waals surface area contributed by atoms with Crippen molar-refractivity contribution in [1.29, 1.82) is 0 Å². The van der Waals surface area contributed by atoms with Gasteiger partial charge in [0.2, 0.25) is 0 Å². The molecule has 0 heteroatoms. The fourth-order valence-corrected chi connectivity index (χ4v) is 2.43. The summed E-state index contributed by atoms with van der Waals surface area (Å²) in [6, 6.07) is 0. The number of allylic oxidation sites excluding steroid dienone is 6. The van der Waals surface area contributed by atoms with Crippen LogP contribution in [0.1, 0.15) is 55.4 Å². The largest absolute Gasteiger partial charge is 0.0882 e. The second kappa shape index (κ2) is 6.08. The first-order valence-electron chi connectivity index (χ1n) is 6.21. The van der Waals surface area contributed by atoms with E-state index in [0.717, 1.165) is 0 Å². The highest BCUT2D eigenvalue weighted by molar-refractivity contribution is 5.27. The van der Waals surface area contributed by atoms with Gasteiger partial charge in [-0.2, -0.15) is 0 Å². The van der Waals surface area contributed by atoms with Crippen LogP contribution in [0.5, 0.6) is 0 Å². The highest BCUT2D eigenvalue weighted by atomic mass is 14.4. The molecule has 0 bridgehead atoms. The van der Waals surface area contributed by atoms with Gasteiger partial charge in [0.1, 0.15) is 0 Å². The van der Waals surface area contributed by atoms with Gasteiger partial charge in [-0.25, -0.2) is 0 Å². The zero-order valence-electron chi connectivity index (χ0n) is 12.3. The van der Waals surface area contributed by atoms with Crippen molar-refractivity contribution >= 4 is 0 Å². The summed E-state index contributed by atoms with van der Waals surface area (Å²) in [7, 11) is 0. The smallest absolute Gasteiger partial charge is 0.00895 e. The van der Waals surface area contributed by atoms with Gasteiger partial charge in [0.05, 0.1) is 0 Å². The maximum atomic E-state index is 2.34. The van der Waals surface area contributed by atoms with Crippen LogP contribution in [0.25, 0.3) is 0 Å². The minimum atomic E-state index is 0.196. The van der Waals surface area contributed by atoms with Crippen molar-refractivity contribution in [2.45, 2.75) is 55.4 Å². The second-order valence-electron chi connectivity index (χ2n) is 5.19. The van der Waals surface area contributed by atoms with Crippen molar-refractivity contribution < 1.29 is 0 Å². The summed E-state index contributed by atoms with van der Waals surface area (Å²) in [5.41, 5.74) is 4.57. The van der Waals surface area contributed by atoms with E-state index in [1.54, 1.807) is 0 Å². The molecule has 0 N–H and O–H groups in total. The molecule has 0 atom stereocenters. The van der Waals surface area contributed by atoms with Crippen LogP contribution < -0.4 is 0 Å². The van der Waals surface area contributed by atoms with Crippen LogP contribution >= 0.6 is 0 Å². The van der Waals surface area contributed by atoms with Crippen LogP contribution in [0.3, 0.4) is 0 Å². The standard InChI is InChI=1S/C16H28/c1-9-12(4)15(13(5)10-2)16(7,8)14(6)11-3/h9-11,15H,1-8H3. The van der Waals surface area contributed by atoms with E-state index in [1.165, 1.54) is 16.7 Å². The van der Waals surface area contributed by atoms with Gasteiger partial charge >= 0.3 is 0 Å². The average molecular weight is 220 g/mol. The average Bonchev–Trinajstić information content (AvgIpc) is 2.26. The molecule has 0 aromatic heterocycles. The van der Waals surface area contributed by atoms with Crippen molar-refractivity contribution in [2.24, 2.45) is 11.3 Å². The Hall–Kier alpha value is -0.780. The van der Waals surface area contributed by atoms with E-state index in [0.29, 0.717) is 5.92 Å². The van der Waals surface area contributed by atoms with E-state index in [9.17, 15) is 0 Å². The molecular weight excluding hydrogens is 192 g/mol. The molecule has 0 rings (SSSR count). The zero-order chi connectivity index (χ0) is 12.9. The van der Waals surface area contributed by atoms with E-state index in [-0.39, 0.29) is 5.41 Å². The summed E-state index contributed by atoms with van der Waals surface area (Å²) in [6.07, 6.45) is 6.71. The van der Waals surface area contributed by atoms with Crippen molar-refractivity contribution in [3.05, 3.63) is 34.9 Å². The Bertz CT molecular complexity index is 293. The molecule has 0 spiro atoms.